The number of nitrogens with one attached hydrogen (secondary N) is 1. The van der Waals surface area contributed by atoms with Gasteiger partial charge in [-0.05, 0) is 12.8 Å². The van der Waals surface area contributed by atoms with Crippen LogP contribution in [0.3, 0.4) is 0 Å². The lowest BCUT2D eigenvalue weighted by molar-refractivity contribution is -0.140. The smallest absolute Gasteiger partial charge is 0.312 e. The van der Waals surface area contributed by atoms with Gasteiger partial charge in [-0.2, -0.15) is 18.3 Å². The number of carbonyl (C=O) groups is 1. The van der Waals surface area contributed by atoms with E-state index in [1.807, 2.05) is 12.2 Å². The van der Waals surface area contributed by atoms with Gasteiger partial charge in [-0.1, -0.05) is 31.4 Å². The molecule has 0 radical (unpaired) electrons. The molecule has 1 saturated carbocycles. The van der Waals surface area contributed by atoms with Crippen LogP contribution in [-0.2, 0) is 13.2 Å². The Hall–Kier alpha value is -1.99. The molecule has 0 bridgehead atoms. The van der Waals surface area contributed by atoms with Gasteiger partial charge in [0.05, 0.1) is 11.2 Å². The lowest BCUT2D eigenvalue weighted by Crippen LogP contribution is -2.50. The molecule has 23 heavy (non-hydrogen) atoms. The number of aryl methyl sites for hydroxylation is 1. The second kappa shape index (κ2) is 5.58. The predicted octanol–water partition coefficient (Wildman–Crippen LogP) is 3.55. The molecule has 0 unspecified atom stereocenters. The summed E-state index contributed by atoms with van der Waals surface area (Å²) in [7, 11) is 1.39. The highest BCUT2D eigenvalue weighted by Gasteiger charge is 2.42. The predicted molar refractivity (Wildman–Crippen MR) is 78.9 cm³/mol. The van der Waals surface area contributed by atoms with E-state index in [9.17, 15) is 18.0 Å². The highest BCUT2D eigenvalue weighted by atomic mass is 19.4. The van der Waals surface area contributed by atoms with Gasteiger partial charge in [0, 0.05) is 19.8 Å². The second-order valence-corrected chi connectivity index (χ2v) is 6.17. The summed E-state index contributed by atoms with van der Waals surface area (Å²) in [4.78, 5) is 14.2. The third-order valence-electron chi connectivity index (χ3n) is 4.56. The molecule has 1 aliphatic heterocycles. The Morgan fingerprint density at radius 2 is 2.00 bits per heavy atom. The summed E-state index contributed by atoms with van der Waals surface area (Å²) in [5, 5.41) is 5.80. The molecule has 0 aromatic carbocycles. The zero-order chi connectivity index (χ0) is 16.7. The van der Waals surface area contributed by atoms with Crippen LogP contribution in [0, 0.1) is 0 Å². The van der Waals surface area contributed by atoms with Crippen LogP contribution < -0.4 is 5.32 Å². The highest BCUT2D eigenvalue weighted by Crippen LogP contribution is 2.39. The molecule has 8 heteroatoms. The number of nitrogens with zero attached hydrogens (tertiary/aromatic N) is 3. The first-order valence-electron chi connectivity index (χ1n) is 7.69. The monoisotopic (exact) mass is 328 g/mol. The third kappa shape index (κ3) is 2.94. The molecule has 1 aromatic rings. The van der Waals surface area contributed by atoms with Gasteiger partial charge in [0.2, 0.25) is 0 Å². The van der Waals surface area contributed by atoms with Crippen LogP contribution in [0.5, 0.6) is 0 Å². The quantitative estimate of drug-likeness (QED) is 0.802. The van der Waals surface area contributed by atoms with Crippen molar-refractivity contribution in [3.63, 3.8) is 0 Å². The summed E-state index contributed by atoms with van der Waals surface area (Å²) in [5.41, 5.74) is -1.72. The standard InChI is InChI=1S/C15H19F3N4O/c1-21-10-11(12(20-21)15(16,17)18)19-13(23)22-9-5-8-14(22)6-3-2-4-7-14/h5,8,10H,2-4,6-7,9H2,1H3,(H,19,23). The normalized spacial score (nSPS) is 20.3. The van der Waals surface area contributed by atoms with E-state index >= 15 is 0 Å². The Bertz CT molecular complexity index is 629. The molecule has 1 aliphatic carbocycles. The minimum absolute atomic E-state index is 0.303. The van der Waals surface area contributed by atoms with Gasteiger partial charge in [0.25, 0.3) is 0 Å². The molecule has 1 fully saturated rings. The first kappa shape index (κ1) is 15.9. The van der Waals surface area contributed by atoms with E-state index in [0.29, 0.717) is 6.54 Å². The van der Waals surface area contributed by atoms with Gasteiger partial charge in [-0.15, -0.1) is 0 Å². The SMILES string of the molecule is Cn1cc(NC(=O)N2CC=CC23CCCCC3)c(C(F)(F)F)n1. The number of carbonyl (C=O) groups excluding carboxylic acids is 1. The summed E-state index contributed by atoms with van der Waals surface area (Å²) in [6.07, 6.45) is 5.41. The van der Waals surface area contributed by atoms with E-state index in [0.717, 1.165) is 36.8 Å². The van der Waals surface area contributed by atoms with Gasteiger partial charge >= 0.3 is 12.2 Å². The molecule has 2 heterocycles. The maximum absolute atomic E-state index is 13.0. The van der Waals surface area contributed by atoms with Gasteiger partial charge in [-0.25, -0.2) is 4.79 Å². The molecular formula is C15H19F3N4O. The van der Waals surface area contributed by atoms with E-state index in [1.165, 1.54) is 13.2 Å². The lowest BCUT2D eigenvalue weighted by Gasteiger charge is -2.40. The summed E-state index contributed by atoms with van der Waals surface area (Å²) in [6.45, 7) is 0.424. The molecule has 1 N–H and O–H groups in total. The zero-order valence-electron chi connectivity index (χ0n) is 12.9. The average Bonchev–Trinajstić information content (AvgIpc) is 3.03. The first-order valence-corrected chi connectivity index (χ1v) is 7.69. The van der Waals surface area contributed by atoms with Gasteiger partial charge in [0.1, 0.15) is 0 Å². The number of hydrogen-bond acceptors (Lipinski definition) is 2. The van der Waals surface area contributed by atoms with E-state index in [2.05, 4.69) is 10.4 Å². The van der Waals surface area contributed by atoms with Gasteiger partial charge < -0.3 is 10.2 Å². The summed E-state index contributed by atoms with van der Waals surface area (Å²) in [6, 6.07) is -0.504. The number of anilines is 1. The molecule has 3 rings (SSSR count). The number of alkyl halides is 3. The maximum Gasteiger partial charge on any atom is 0.437 e. The van der Waals surface area contributed by atoms with E-state index < -0.39 is 17.9 Å². The molecule has 2 amide bonds. The summed E-state index contributed by atoms with van der Waals surface area (Å²) < 4.78 is 40.0. The number of halogens is 3. The van der Waals surface area contributed by atoms with Crippen LogP contribution in [0.2, 0.25) is 0 Å². The van der Waals surface area contributed by atoms with Crippen molar-refractivity contribution in [2.45, 2.75) is 43.8 Å². The van der Waals surface area contributed by atoms with Crippen LogP contribution in [0.1, 0.15) is 37.8 Å². The van der Waals surface area contributed by atoms with Crippen LogP contribution in [0.15, 0.2) is 18.3 Å². The van der Waals surface area contributed by atoms with Crippen molar-refractivity contribution in [3.8, 4) is 0 Å². The van der Waals surface area contributed by atoms with Crippen LogP contribution in [0.4, 0.5) is 23.7 Å². The number of hydrogen-bond donors (Lipinski definition) is 1. The molecule has 126 valence electrons. The third-order valence-corrected chi connectivity index (χ3v) is 4.56. The van der Waals surface area contributed by atoms with Gasteiger partial charge in [0.15, 0.2) is 5.69 Å². The molecular weight excluding hydrogens is 309 g/mol. The van der Waals surface area contributed by atoms with Crippen molar-refractivity contribution in [1.29, 1.82) is 0 Å². The van der Waals surface area contributed by atoms with Crippen molar-refractivity contribution in [2.75, 3.05) is 11.9 Å². The lowest BCUT2D eigenvalue weighted by atomic mass is 9.81. The molecule has 1 aromatic heterocycles. The van der Waals surface area contributed by atoms with E-state index in [4.69, 9.17) is 0 Å². The Kier molecular flexibility index (Phi) is 3.85. The number of urea groups is 1. The van der Waals surface area contributed by atoms with Gasteiger partial charge in [-0.3, -0.25) is 4.68 Å². The van der Waals surface area contributed by atoms with E-state index in [-0.39, 0.29) is 11.2 Å². The van der Waals surface area contributed by atoms with Crippen molar-refractivity contribution in [1.82, 2.24) is 14.7 Å². The van der Waals surface area contributed by atoms with Crippen LogP contribution >= 0.6 is 0 Å². The fourth-order valence-corrected chi connectivity index (χ4v) is 3.51. The Morgan fingerprint density at radius 3 is 2.65 bits per heavy atom. The fourth-order valence-electron chi connectivity index (χ4n) is 3.51. The molecule has 0 saturated heterocycles. The summed E-state index contributed by atoms with van der Waals surface area (Å²) in [5.74, 6) is 0. The molecule has 5 nitrogen and oxygen atoms in total. The maximum atomic E-state index is 13.0. The van der Waals surface area contributed by atoms with Crippen LogP contribution in [-0.4, -0.2) is 32.8 Å². The molecule has 0 atom stereocenters. The first-order chi connectivity index (χ1) is 10.8. The van der Waals surface area contributed by atoms with Crippen molar-refractivity contribution in [3.05, 3.63) is 24.0 Å². The van der Waals surface area contributed by atoms with E-state index in [1.54, 1.807) is 4.90 Å². The van der Waals surface area contributed by atoms with Crippen molar-refractivity contribution < 1.29 is 18.0 Å². The Labute approximate surface area is 132 Å². The minimum Gasteiger partial charge on any atom is -0.312 e. The fraction of sp³-hybridized carbons (Fsp3) is 0.600. The number of aromatic nitrogens is 2. The average molecular weight is 328 g/mol. The molecule has 1 spiro atoms. The van der Waals surface area contributed by atoms with Crippen molar-refractivity contribution in [2.24, 2.45) is 7.05 Å². The number of rotatable bonds is 1. The summed E-state index contributed by atoms with van der Waals surface area (Å²) >= 11 is 0. The molecule has 2 aliphatic rings. The Balaban J connectivity index is 1.80. The Morgan fingerprint density at radius 1 is 1.30 bits per heavy atom. The topological polar surface area (TPSA) is 50.2 Å². The number of amides is 2. The highest BCUT2D eigenvalue weighted by molar-refractivity contribution is 5.91. The largest absolute Gasteiger partial charge is 0.437 e. The van der Waals surface area contributed by atoms with Crippen LogP contribution in [0.25, 0.3) is 0 Å². The van der Waals surface area contributed by atoms with Crippen molar-refractivity contribution >= 4 is 11.7 Å². The second-order valence-electron chi connectivity index (χ2n) is 6.17. The minimum atomic E-state index is -4.60. The zero-order valence-corrected chi connectivity index (χ0v) is 12.9.